The number of alkyl halides is 3. The van der Waals surface area contributed by atoms with Gasteiger partial charge in [0.05, 0.1) is 11.3 Å². The molecule has 2 aromatic rings. The lowest BCUT2D eigenvalue weighted by molar-refractivity contribution is -0.136. The summed E-state index contributed by atoms with van der Waals surface area (Å²) in [6.07, 6.45) is -1.52. The fourth-order valence-electron chi connectivity index (χ4n) is 1.68. The van der Waals surface area contributed by atoms with E-state index >= 15 is 0 Å². The van der Waals surface area contributed by atoms with E-state index in [2.05, 4.69) is 27.2 Å². The molecule has 1 aromatic carbocycles. The first-order chi connectivity index (χ1) is 10.0. The van der Waals surface area contributed by atoms with E-state index < -0.39 is 11.7 Å². The topological polar surface area (TPSA) is 49.8 Å². The highest BCUT2D eigenvalue weighted by atomic mass is 19.4. The molecule has 1 aromatic heterocycles. The second-order valence-corrected chi connectivity index (χ2v) is 4.13. The van der Waals surface area contributed by atoms with Crippen LogP contribution in [-0.4, -0.2) is 16.5 Å². The normalized spacial score (nSPS) is 11.0. The monoisotopic (exact) mass is 294 g/mol. The third-order valence-corrected chi connectivity index (χ3v) is 2.59. The van der Waals surface area contributed by atoms with Crippen LogP contribution in [0, 0.1) is 0 Å². The van der Waals surface area contributed by atoms with Gasteiger partial charge in [0.15, 0.2) is 0 Å². The molecule has 21 heavy (non-hydrogen) atoms. The number of benzene rings is 1. The van der Waals surface area contributed by atoms with Gasteiger partial charge in [-0.25, -0.2) is 9.97 Å². The van der Waals surface area contributed by atoms with Crippen LogP contribution < -0.4 is 10.6 Å². The Balaban J connectivity index is 2.24. The second-order valence-electron chi connectivity index (χ2n) is 4.13. The Morgan fingerprint density at radius 3 is 2.57 bits per heavy atom. The number of nitrogens with one attached hydrogen (secondary N) is 2. The molecule has 110 valence electrons. The Hall–Kier alpha value is -2.57. The predicted octanol–water partition coefficient (Wildman–Crippen LogP) is 3.84. The fraction of sp³-hybridized carbons (Fsp3) is 0.143. The maximum absolute atomic E-state index is 12.9. The molecule has 0 radical (unpaired) electrons. The van der Waals surface area contributed by atoms with Crippen LogP contribution >= 0.6 is 0 Å². The van der Waals surface area contributed by atoms with Gasteiger partial charge in [-0.15, -0.1) is 6.58 Å². The average molecular weight is 294 g/mol. The molecule has 0 fully saturated rings. The first-order valence-corrected chi connectivity index (χ1v) is 6.11. The van der Waals surface area contributed by atoms with Gasteiger partial charge < -0.3 is 10.6 Å². The van der Waals surface area contributed by atoms with E-state index in [1.807, 2.05) is 0 Å². The van der Waals surface area contributed by atoms with E-state index in [4.69, 9.17) is 0 Å². The summed E-state index contributed by atoms with van der Waals surface area (Å²) in [6.45, 7) is 4.05. The van der Waals surface area contributed by atoms with Crippen LogP contribution in [-0.2, 0) is 6.18 Å². The zero-order valence-electron chi connectivity index (χ0n) is 11.0. The second kappa shape index (κ2) is 6.25. The van der Waals surface area contributed by atoms with E-state index in [0.717, 1.165) is 6.07 Å². The maximum atomic E-state index is 12.9. The van der Waals surface area contributed by atoms with Crippen molar-refractivity contribution in [2.45, 2.75) is 6.18 Å². The van der Waals surface area contributed by atoms with E-state index in [0.29, 0.717) is 12.4 Å². The number of nitrogens with zero attached hydrogens (tertiary/aromatic N) is 2. The molecule has 0 amide bonds. The molecule has 2 N–H and O–H groups in total. The van der Waals surface area contributed by atoms with Crippen LogP contribution in [0.15, 0.2) is 49.3 Å². The summed E-state index contributed by atoms with van der Waals surface area (Å²) >= 11 is 0. The van der Waals surface area contributed by atoms with Crippen LogP contribution in [0.25, 0.3) is 0 Å². The molecule has 0 aliphatic carbocycles. The fourth-order valence-corrected chi connectivity index (χ4v) is 1.68. The van der Waals surface area contributed by atoms with Crippen molar-refractivity contribution in [3.8, 4) is 0 Å². The molecule has 0 saturated carbocycles. The number of halogens is 3. The number of hydrogen-bond donors (Lipinski definition) is 2. The van der Waals surface area contributed by atoms with E-state index in [9.17, 15) is 13.2 Å². The lowest BCUT2D eigenvalue weighted by atomic mass is 10.1. The van der Waals surface area contributed by atoms with Gasteiger partial charge in [0.25, 0.3) is 0 Å². The molecule has 0 spiro atoms. The van der Waals surface area contributed by atoms with Crippen molar-refractivity contribution < 1.29 is 13.2 Å². The number of rotatable bonds is 5. The molecule has 0 saturated heterocycles. The maximum Gasteiger partial charge on any atom is 0.418 e. The summed E-state index contributed by atoms with van der Waals surface area (Å²) in [5.41, 5.74) is -0.803. The number of anilines is 3. The van der Waals surface area contributed by atoms with Crippen molar-refractivity contribution in [1.82, 2.24) is 9.97 Å². The van der Waals surface area contributed by atoms with E-state index in [1.54, 1.807) is 6.08 Å². The van der Waals surface area contributed by atoms with Crippen LogP contribution in [0.3, 0.4) is 0 Å². The highest BCUT2D eigenvalue weighted by Gasteiger charge is 2.33. The minimum atomic E-state index is -4.43. The van der Waals surface area contributed by atoms with Gasteiger partial charge in [0, 0.05) is 12.6 Å². The van der Waals surface area contributed by atoms with Crippen molar-refractivity contribution >= 4 is 17.3 Å². The molecule has 0 aliphatic heterocycles. The van der Waals surface area contributed by atoms with Gasteiger partial charge in [-0.05, 0) is 12.1 Å². The van der Waals surface area contributed by atoms with Crippen LogP contribution in [0.5, 0.6) is 0 Å². The SMILES string of the molecule is C=CCNc1cc(Nc2ccccc2C(F)(F)F)ncn1. The summed E-state index contributed by atoms with van der Waals surface area (Å²) in [7, 11) is 0. The van der Waals surface area contributed by atoms with E-state index in [-0.39, 0.29) is 11.5 Å². The molecule has 4 nitrogen and oxygen atoms in total. The number of para-hydroxylation sites is 1. The Bertz CT molecular complexity index is 626. The summed E-state index contributed by atoms with van der Waals surface area (Å²) in [5.74, 6) is 0.769. The van der Waals surface area contributed by atoms with Crippen molar-refractivity contribution in [3.05, 3.63) is 54.9 Å². The van der Waals surface area contributed by atoms with Gasteiger partial charge >= 0.3 is 6.18 Å². The Morgan fingerprint density at radius 1 is 1.14 bits per heavy atom. The third-order valence-electron chi connectivity index (χ3n) is 2.59. The van der Waals surface area contributed by atoms with Crippen LogP contribution in [0.2, 0.25) is 0 Å². The average Bonchev–Trinajstić information content (AvgIpc) is 2.45. The minimum Gasteiger partial charge on any atom is -0.366 e. The van der Waals surface area contributed by atoms with Crippen LogP contribution in [0.1, 0.15) is 5.56 Å². The Kier molecular flexibility index (Phi) is 4.42. The number of hydrogen-bond acceptors (Lipinski definition) is 4. The lowest BCUT2D eigenvalue weighted by Gasteiger charge is -2.14. The molecule has 0 bridgehead atoms. The summed E-state index contributed by atoms with van der Waals surface area (Å²) in [4.78, 5) is 7.87. The van der Waals surface area contributed by atoms with Gasteiger partial charge in [-0.3, -0.25) is 0 Å². The van der Waals surface area contributed by atoms with Crippen molar-refractivity contribution in [1.29, 1.82) is 0 Å². The highest BCUT2D eigenvalue weighted by molar-refractivity contribution is 5.63. The zero-order valence-corrected chi connectivity index (χ0v) is 11.0. The molecule has 0 unspecified atom stereocenters. The molecule has 0 atom stereocenters. The molecule has 7 heteroatoms. The van der Waals surface area contributed by atoms with Crippen molar-refractivity contribution in [2.24, 2.45) is 0 Å². The summed E-state index contributed by atoms with van der Waals surface area (Å²) in [5, 5.41) is 5.59. The summed E-state index contributed by atoms with van der Waals surface area (Å²) in [6, 6.07) is 6.75. The minimum absolute atomic E-state index is 0.0571. The number of aromatic nitrogens is 2. The smallest absolute Gasteiger partial charge is 0.366 e. The Labute approximate surface area is 119 Å². The van der Waals surface area contributed by atoms with Gasteiger partial charge in [-0.2, -0.15) is 13.2 Å². The van der Waals surface area contributed by atoms with E-state index in [1.165, 1.54) is 30.6 Å². The Morgan fingerprint density at radius 2 is 1.86 bits per heavy atom. The first-order valence-electron chi connectivity index (χ1n) is 6.11. The van der Waals surface area contributed by atoms with Crippen molar-refractivity contribution in [2.75, 3.05) is 17.2 Å². The predicted molar refractivity (Wildman–Crippen MR) is 75.4 cm³/mol. The lowest BCUT2D eigenvalue weighted by Crippen LogP contribution is -2.09. The standard InChI is InChI=1S/C14H13F3N4/c1-2-7-18-12-8-13(20-9-19-12)21-11-6-4-3-5-10(11)14(15,16)17/h2-6,8-9H,1,7H2,(H2,18,19,20,21). The van der Waals surface area contributed by atoms with Crippen LogP contribution in [0.4, 0.5) is 30.5 Å². The third kappa shape index (κ3) is 3.95. The summed E-state index contributed by atoms with van der Waals surface area (Å²) < 4.78 is 38.7. The molecule has 2 rings (SSSR count). The van der Waals surface area contributed by atoms with Gasteiger partial charge in [0.2, 0.25) is 0 Å². The molecular weight excluding hydrogens is 281 g/mol. The van der Waals surface area contributed by atoms with Gasteiger partial charge in [0.1, 0.15) is 18.0 Å². The molecule has 1 heterocycles. The molecule has 0 aliphatic rings. The quantitative estimate of drug-likeness (QED) is 0.823. The zero-order chi connectivity index (χ0) is 15.3. The van der Waals surface area contributed by atoms with Gasteiger partial charge in [-0.1, -0.05) is 18.2 Å². The van der Waals surface area contributed by atoms with Crippen molar-refractivity contribution in [3.63, 3.8) is 0 Å². The first kappa shape index (κ1) is 14.8. The molecular formula is C14H13F3N4. The largest absolute Gasteiger partial charge is 0.418 e. The highest BCUT2D eigenvalue weighted by Crippen LogP contribution is 2.35.